The van der Waals surface area contributed by atoms with E-state index in [9.17, 15) is 9.59 Å². The molecule has 3 aliphatic rings. The predicted molar refractivity (Wildman–Crippen MR) is 85.0 cm³/mol. The van der Waals surface area contributed by atoms with Gasteiger partial charge in [0.25, 0.3) is 5.91 Å². The van der Waals surface area contributed by atoms with Crippen LogP contribution in [0.3, 0.4) is 0 Å². The zero-order valence-electron chi connectivity index (χ0n) is 13.1. The molecule has 2 aliphatic heterocycles. The summed E-state index contributed by atoms with van der Waals surface area (Å²) in [4.78, 5) is 30.3. The summed E-state index contributed by atoms with van der Waals surface area (Å²) in [6.07, 6.45) is 1.16. The molecule has 2 saturated heterocycles. The van der Waals surface area contributed by atoms with Gasteiger partial charge in [-0.2, -0.15) is 0 Å². The summed E-state index contributed by atoms with van der Waals surface area (Å²) < 4.78 is 5.86. The van der Waals surface area contributed by atoms with Crippen molar-refractivity contribution in [2.45, 2.75) is 19.4 Å². The fraction of sp³-hybridized carbons (Fsp3) is 0.688. The van der Waals surface area contributed by atoms with E-state index in [1.807, 2.05) is 4.90 Å². The Labute approximate surface area is 139 Å². The molecule has 5 atom stereocenters. The van der Waals surface area contributed by atoms with Gasteiger partial charge < -0.3 is 15.0 Å². The maximum Gasteiger partial charge on any atom is 0.270 e. The molecule has 1 N–H and O–H groups in total. The van der Waals surface area contributed by atoms with Crippen LogP contribution in [-0.4, -0.2) is 54.0 Å². The summed E-state index contributed by atoms with van der Waals surface area (Å²) >= 11 is 1.41. The van der Waals surface area contributed by atoms with Gasteiger partial charge in [-0.05, 0) is 12.3 Å². The lowest BCUT2D eigenvalue weighted by atomic mass is 9.93. The number of nitrogens with zero attached hydrogens (tertiary/aromatic N) is 2. The summed E-state index contributed by atoms with van der Waals surface area (Å²) in [6, 6.07) is 0. The first-order valence-electron chi connectivity index (χ1n) is 8.20. The van der Waals surface area contributed by atoms with Gasteiger partial charge in [-0.25, -0.2) is 4.98 Å². The van der Waals surface area contributed by atoms with Crippen LogP contribution in [0.4, 0.5) is 0 Å². The van der Waals surface area contributed by atoms with Crippen molar-refractivity contribution in [3.8, 4) is 0 Å². The number of carbonyl (C=O) groups excluding carboxylic acids is 2. The fourth-order valence-corrected chi connectivity index (χ4v) is 4.26. The van der Waals surface area contributed by atoms with Crippen molar-refractivity contribution in [3.63, 3.8) is 0 Å². The van der Waals surface area contributed by atoms with Crippen LogP contribution in [0.1, 0.15) is 23.8 Å². The van der Waals surface area contributed by atoms with E-state index in [2.05, 4.69) is 17.2 Å². The number of hydrogen-bond donors (Lipinski definition) is 1. The van der Waals surface area contributed by atoms with Crippen LogP contribution in [0.15, 0.2) is 10.9 Å². The number of amides is 2. The highest BCUT2D eigenvalue weighted by molar-refractivity contribution is 7.07. The monoisotopic (exact) mass is 335 g/mol. The summed E-state index contributed by atoms with van der Waals surface area (Å²) in [7, 11) is 0. The van der Waals surface area contributed by atoms with Gasteiger partial charge in [-0.1, -0.05) is 6.92 Å². The molecule has 1 aromatic rings. The average Bonchev–Trinajstić information content (AvgIpc) is 2.99. The van der Waals surface area contributed by atoms with E-state index in [4.69, 9.17) is 4.74 Å². The lowest BCUT2D eigenvalue weighted by Gasteiger charge is -2.20. The van der Waals surface area contributed by atoms with Crippen LogP contribution in [0.2, 0.25) is 0 Å². The van der Waals surface area contributed by atoms with Crippen LogP contribution in [0.25, 0.3) is 0 Å². The molecule has 7 heteroatoms. The average molecular weight is 335 g/mol. The molecule has 0 bridgehead atoms. The minimum absolute atomic E-state index is 0.132. The van der Waals surface area contributed by atoms with Crippen molar-refractivity contribution < 1.29 is 14.3 Å². The first kappa shape index (κ1) is 15.1. The van der Waals surface area contributed by atoms with Crippen molar-refractivity contribution in [2.24, 2.45) is 23.7 Å². The smallest absolute Gasteiger partial charge is 0.270 e. The molecule has 2 amide bonds. The molecule has 23 heavy (non-hydrogen) atoms. The third kappa shape index (κ3) is 2.87. The van der Waals surface area contributed by atoms with E-state index < -0.39 is 0 Å². The first-order valence-corrected chi connectivity index (χ1v) is 9.14. The topological polar surface area (TPSA) is 71.5 Å². The highest BCUT2D eigenvalue weighted by Crippen LogP contribution is 2.41. The fourth-order valence-electron chi connectivity index (χ4n) is 3.73. The summed E-state index contributed by atoms with van der Waals surface area (Å²) in [5, 5.41) is 4.69. The van der Waals surface area contributed by atoms with E-state index in [1.165, 1.54) is 11.3 Å². The van der Waals surface area contributed by atoms with Gasteiger partial charge in [0.2, 0.25) is 5.91 Å². The highest BCUT2D eigenvalue weighted by Gasteiger charge is 2.49. The van der Waals surface area contributed by atoms with Gasteiger partial charge in [-0.3, -0.25) is 9.59 Å². The van der Waals surface area contributed by atoms with Crippen LogP contribution >= 0.6 is 11.3 Å². The van der Waals surface area contributed by atoms with E-state index in [-0.39, 0.29) is 23.8 Å². The number of hydrogen-bond acceptors (Lipinski definition) is 5. The molecule has 1 saturated carbocycles. The zero-order chi connectivity index (χ0) is 16.0. The Morgan fingerprint density at radius 2 is 2.30 bits per heavy atom. The van der Waals surface area contributed by atoms with E-state index in [0.717, 1.165) is 13.0 Å². The number of ether oxygens (including phenoxy) is 1. The molecule has 0 unspecified atom stereocenters. The van der Waals surface area contributed by atoms with Gasteiger partial charge >= 0.3 is 0 Å². The SMILES string of the molecule is C[C@H]1C[C@@H]1C(=O)N1C[C@@H]2[C@H](CNC(=O)c3cscn3)CO[C@@H]2C1. The maximum absolute atomic E-state index is 12.4. The molecule has 4 rings (SSSR count). The standard InChI is InChI=1S/C16H21N3O3S/c1-9-2-11(9)16(21)19-4-12-10(6-22-14(12)5-19)3-17-15(20)13-7-23-8-18-13/h7-12,14H,2-6H2,1H3,(H,17,20)/t9-,10+,11-,12+,14+/m0/s1. The molecule has 0 aromatic carbocycles. The minimum atomic E-state index is -0.132. The Kier molecular flexibility index (Phi) is 3.85. The Bertz CT molecular complexity index is 606. The summed E-state index contributed by atoms with van der Waals surface area (Å²) in [5.41, 5.74) is 2.12. The van der Waals surface area contributed by atoms with Gasteiger partial charge in [0.15, 0.2) is 0 Å². The normalized spacial score (nSPS) is 35.2. The van der Waals surface area contributed by atoms with Crippen molar-refractivity contribution in [1.29, 1.82) is 0 Å². The lowest BCUT2D eigenvalue weighted by molar-refractivity contribution is -0.132. The second-order valence-electron chi connectivity index (χ2n) is 6.94. The number of aromatic nitrogens is 1. The number of fused-ring (bicyclic) bond motifs is 1. The van der Waals surface area contributed by atoms with Crippen molar-refractivity contribution >= 4 is 23.2 Å². The van der Waals surface area contributed by atoms with E-state index in [0.29, 0.717) is 43.1 Å². The lowest BCUT2D eigenvalue weighted by Crippen LogP contribution is -2.36. The molecule has 6 nitrogen and oxygen atoms in total. The zero-order valence-corrected chi connectivity index (χ0v) is 13.9. The molecule has 3 fully saturated rings. The summed E-state index contributed by atoms with van der Waals surface area (Å²) in [6.45, 7) is 4.86. The molecule has 1 aromatic heterocycles. The Morgan fingerprint density at radius 1 is 1.48 bits per heavy atom. The van der Waals surface area contributed by atoms with E-state index >= 15 is 0 Å². The molecular weight excluding hydrogens is 314 g/mol. The van der Waals surface area contributed by atoms with Crippen molar-refractivity contribution in [3.05, 3.63) is 16.6 Å². The van der Waals surface area contributed by atoms with Crippen LogP contribution in [0, 0.1) is 23.7 Å². The molecule has 0 spiro atoms. The minimum Gasteiger partial charge on any atom is -0.376 e. The van der Waals surface area contributed by atoms with E-state index in [1.54, 1.807) is 10.9 Å². The van der Waals surface area contributed by atoms with Gasteiger partial charge in [0.05, 0.1) is 18.2 Å². The Morgan fingerprint density at radius 3 is 3.00 bits per heavy atom. The highest BCUT2D eigenvalue weighted by atomic mass is 32.1. The third-order valence-electron chi connectivity index (χ3n) is 5.37. The van der Waals surface area contributed by atoms with Gasteiger partial charge in [-0.15, -0.1) is 11.3 Å². The Balaban J connectivity index is 1.31. The van der Waals surface area contributed by atoms with Crippen molar-refractivity contribution in [2.75, 3.05) is 26.2 Å². The Hall–Kier alpha value is -1.47. The quantitative estimate of drug-likeness (QED) is 0.891. The molecule has 1 aliphatic carbocycles. The molecule has 124 valence electrons. The van der Waals surface area contributed by atoms with Crippen LogP contribution in [-0.2, 0) is 9.53 Å². The first-order chi connectivity index (χ1) is 11.1. The number of nitrogens with one attached hydrogen (secondary N) is 1. The summed E-state index contributed by atoms with van der Waals surface area (Å²) in [5.74, 6) is 1.54. The van der Waals surface area contributed by atoms with Crippen molar-refractivity contribution in [1.82, 2.24) is 15.2 Å². The third-order valence-corrected chi connectivity index (χ3v) is 5.95. The predicted octanol–water partition coefficient (Wildman–Crippen LogP) is 1.00. The number of likely N-dealkylation sites (tertiary alicyclic amines) is 1. The maximum atomic E-state index is 12.4. The van der Waals surface area contributed by atoms with Crippen LogP contribution in [0.5, 0.6) is 0 Å². The molecule has 0 radical (unpaired) electrons. The second kappa shape index (κ2) is 5.87. The largest absolute Gasteiger partial charge is 0.376 e. The van der Waals surface area contributed by atoms with Gasteiger partial charge in [0.1, 0.15) is 5.69 Å². The molecule has 3 heterocycles. The number of rotatable bonds is 4. The second-order valence-corrected chi connectivity index (χ2v) is 7.66. The number of carbonyl (C=O) groups is 2. The van der Waals surface area contributed by atoms with Crippen LogP contribution < -0.4 is 5.32 Å². The molecular formula is C16H21N3O3S. The number of thiazole rings is 1. The van der Waals surface area contributed by atoms with Gasteiger partial charge in [0, 0.05) is 42.8 Å².